The highest BCUT2D eigenvalue weighted by molar-refractivity contribution is 5.07. The molecule has 0 aromatic carbocycles. The van der Waals surface area contributed by atoms with Crippen LogP contribution in [-0.4, -0.2) is 48.3 Å². The summed E-state index contributed by atoms with van der Waals surface area (Å²) >= 11 is 0. The fraction of sp³-hybridized carbons (Fsp3) is 0.842. The van der Waals surface area contributed by atoms with E-state index in [9.17, 15) is 0 Å². The second kappa shape index (κ2) is 7.14. The van der Waals surface area contributed by atoms with Gasteiger partial charge in [-0.2, -0.15) is 0 Å². The highest BCUT2D eigenvalue weighted by Crippen LogP contribution is 2.32. The molecule has 0 saturated carbocycles. The fourth-order valence-corrected chi connectivity index (χ4v) is 3.81. The summed E-state index contributed by atoms with van der Waals surface area (Å²) in [6.07, 6.45) is 6.76. The molecule has 3 rings (SSSR count). The highest BCUT2D eigenvalue weighted by atomic mass is 16.5. The number of oxazole rings is 1. The van der Waals surface area contributed by atoms with Gasteiger partial charge < -0.3 is 14.5 Å². The van der Waals surface area contributed by atoms with E-state index in [1.165, 1.54) is 25.9 Å². The van der Waals surface area contributed by atoms with Crippen molar-refractivity contribution in [1.82, 2.24) is 15.2 Å². The molecule has 0 radical (unpaired) electrons. The standard InChI is InChI=1S/C19H33N3O2/c1-15(17-20-13-16(24-17)18(2,3)4)21-14-19(7-11-23-12-8-19)22-9-5-6-10-22/h13,15,21H,5-12,14H2,1-4H3/t15-/m0/s1. The fourth-order valence-electron chi connectivity index (χ4n) is 3.81. The van der Waals surface area contributed by atoms with Crippen LogP contribution < -0.4 is 5.32 Å². The van der Waals surface area contributed by atoms with E-state index >= 15 is 0 Å². The topological polar surface area (TPSA) is 50.5 Å². The zero-order valence-corrected chi connectivity index (χ0v) is 15.7. The van der Waals surface area contributed by atoms with Gasteiger partial charge in [-0.1, -0.05) is 20.8 Å². The quantitative estimate of drug-likeness (QED) is 0.895. The Balaban J connectivity index is 1.64. The van der Waals surface area contributed by atoms with Crippen LogP contribution in [0.25, 0.3) is 0 Å². The maximum Gasteiger partial charge on any atom is 0.211 e. The molecule has 5 heteroatoms. The average Bonchev–Trinajstić information content (AvgIpc) is 3.24. The lowest BCUT2D eigenvalue weighted by molar-refractivity contribution is -0.0197. The average molecular weight is 335 g/mol. The zero-order valence-electron chi connectivity index (χ0n) is 15.7. The van der Waals surface area contributed by atoms with Gasteiger partial charge in [-0.25, -0.2) is 4.98 Å². The number of rotatable bonds is 5. The van der Waals surface area contributed by atoms with Crippen molar-refractivity contribution in [2.24, 2.45) is 0 Å². The lowest BCUT2D eigenvalue weighted by Crippen LogP contribution is -2.57. The van der Waals surface area contributed by atoms with Gasteiger partial charge in [0.2, 0.25) is 5.89 Å². The Labute approximate surface area is 146 Å². The number of likely N-dealkylation sites (tertiary alicyclic amines) is 1. The van der Waals surface area contributed by atoms with E-state index in [1.807, 2.05) is 6.20 Å². The lowest BCUT2D eigenvalue weighted by Gasteiger charge is -2.45. The van der Waals surface area contributed by atoms with Crippen LogP contribution in [0.5, 0.6) is 0 Å². The Morgan fingerprint density at radius 1 is 1.25 bits per heavy atom. The maximum absolute atomic E-state index is 6.00. The van der Waals surface area contributed by atoms with Crippen LogP contribution in [0.1, 0.15) is 71.1 Å². The molecule has 136 valence electrons. The molecular weight excluding hydrogens is 302 g/mol. The Kier molecular flexibility index (Phi) is 5.33. The van der Waals surface area contributed by atoms with E-state index in [4.69, 9.17) is 9.15 Å². The van der Waals surface area contributed by atoms with Crippen LogP contribution in [0.3, 0.4) is 0 Å². The van der Waals surface area contributed by atoms with Crippen LogP contribution in [0.2, 0.25) is 0 Å². The number of hydrogen-bond donors (Lipinski definition) is 1. The summed E-state index contributed by atoms with van der Waals surface area (Å²) in [6.45, 7) is 13.8. The molecule has 1 aromatic rings. The number of nitrogens with one attached hydrogen (secondary N) is 1. The summed E-state index contributed by atoms with van der Waals surface area (Å²) in [7, 11) is 0. The minimum Gasteiger partial charge on any atom is -0.443 e. The molecule has 1 aromatic heterocycles. The van der Waals surface area contributed by atoms with Gasteiger partial charge in [0.15, 0.2) is 0 Å². The van der Waals surface area contributed by atoms with Crippen molar-refractivity contribution >= 4 is 0 Å². The third-order valence-electron chi connectivity index (χ3n) is 5.57. The van der Waals surface area contributed by atoms with Crippen molar-refractivity contribution < 1.29 is 9.15 Å². The molecule has 24 heavy (non-hydrogen) atoms. The summed E-state index contributed by atoms with van der Waals surface area (Å²) < 4.78 is 11.6. The molecular formula is C19H33N3O2. The molecule has 0 bridgehead atoms. The first-order valence-electron chi connectivity index (χ1n) is 9.43. The first-order valence-corrected chi connectivity index (χ1v) is 9.43. The predicted octanol–water partition coefficient (Wildman–Crippen LogP) is 3.27. The van der Waals surface area contributed by atoms with Crippen LogP contribution >= 0.6 is 0 Å². The van der Waals surface area contributed by atoms with Crippen molar-refractivity contribution in [1.29, 1.82) is 0 Å². The maximum atomic E-state index is 6.00. The second-order valence-electron chi connectivity index (χ2n) is 8.45. The Bertz CT molecular complexity index is 523. The summed E-state index contributed by atoms with van der Waals surface area (Å²) in [5.74, 6) is 1.75. The lowest BCUT2D eigenvalue weighted by atomic mass is 9.87. The zero-order chi connectivity index (χ0) is 17.2. The van der Waals surface area contributed by atoms with E-state index in [1.54, 1.807) is 0 Å². The van der Waals surface area contributed by atoms with Gasteiger partial charge in [0.1, 0.15) is 5.76 Å². The van der Waals surface area contributed by atoms with E-state index in [0.29, 0.717) is 0 Å². The third-order valence-corrected chi connectivity index (χ3v) is 5.57. The molecule has 2 aliphatic rings. The van der Waals surface area contributed by atoms with Gasteiger partial charge in [0, 0.05) is 30.7 Å². The minimum atomic E-state index is 0.00243. The number of nitrogens with zero attached hydrogens (tertiary/aromatic N) is 2. The minimum absolute atomic E-state index is 0.00243. The summed E-state index contributed by atoms with van der Waals surface area (Å²) in [4.78, 5) is 7.18. The summed E-state index contributed by atoms with van der Waals surface area (Å²) in [5, 5.41) is 3.70. The van der Waals surface area contributed by atoms with Gasteiger partial charge in [0.25, 0.3) is 0 Å². The smallest absolute Gasteiger partial charge is 0.211 e. The van der Waals surface area contributed by atoms with Gasteiger partial charge >= 0.3 is 0 Å². The van der Waals surface area contributed by atoms with Crippen molar-refractivity contribution in [3.05, 3.63) is 17.8 Å². The Morgan fingerprint density at radius 2 is 1.92 bits per heavy atom. The van der Waals surface area contributed by atoms with Crippen LogP contribution in [-0.2, 0) is 10.2 Å². The molecule has 0 aliphatic carbocycles. The normalized spacial score (nSPS) is 23.5. The van der Waals surface area contributed by atoms with E-state index in [2.05, 4.69) is 42.9 Å². The molecule has 2 aliphatic heterocycles. The first-order chi connectivity index (χ1) is 11.4. The molecule has 0 amide bonds. The van der Waals surface area contributed by atoms with Gasteiger partial charge in [-0.15, -0.1) is 0 Å². The van der Waals surface area contributed by atoms with E-state index < -0.39 is 0 Å². The molecule has 3 heterocycles. The molecule has 5 nitrogen and oxygen atoms in total. The monoisotopic (exact) mass is 335 g/mol. The number of ether oxygens (including phenoxy) is 1. The molecule has 1 N–H and O–H groups in total. The van der Waals surface area contributed by atoms with Crippen LogP contribution in [0, 0.1) is 0 Å². The Morgan fingerprint density at radius 3 is 2.50 bits per heavy atom. The van der Waals surface area contributed by atoms with Crippen LogP contribution in [0.4, 0.5) is 0 Å². The molecule has 2 saturated heterocycles. The molecule has 2 fully saturated rings. The SMILES string of the molecule is C[C@H](NCC1(N2CCCC2)CCOCC1)c1ncc(C(C)(C)C)o1. The van der Waals surface area contributed by atoms with E-state index in [-0.39, 0.29) is 17.0 Å². The van der Waals surface area contributed by atoms with E-state index in [0.717, 1.165) is 44.3 Å². The number of hydrogen-bond acceptors (Lipinski definition) is 5. The highest BCUT2D eigenvalue weighted by Gasteiger charge is 2.39. The predicted molar refractivity (Wildman–Crippen MR) is 95.2 cm³/mol. The molecule has 0 unspecified atom stereocenters. The summed E-state index contributed by atoms with van der Waals surface area (Å²) in [6, 6.07) is 0.128. The van der Waals surface area contributed by atoms with Crippen molar-refractivity contribution in [2.75, 3.05) is 32.8 Å². The van der Waals surface area contributed by atoms with Gasteiger partial charge in [-0.3, -0.25) is 4.90 Å². The van der Waals surface area contributed by atoms with Crippen LogP contribution in [0.15, 0.2) is 10.6 Å². The first kappa shape index (κ1) is 17.9. The van der Waals surface area contributed by atoms with Gasteiger partial charge in [0.05, 0.1) is 12.2 Å². The van der Waals surface area contributed by atoms with Crippen molar-refractivity contribution in [3.63, 3.8) is 0 Å². The summed E-state index contributed by atoms with van der Waals surface area (Å²) in [5.41, 5.74) is 0.241. The second-order valence-corrected chi connectivity index (χ2v) is 8.45. The molecule has 1 atom stereocenters. The third kappa shape index (κ3) is 3.84. The molecule has 0 spiro atoms. The van der Waals surface area contributed by atoms with Gasteiger partial charge in [-0.05, 0) is 45.7 Å². The Hall–Kier alpha value is -0.910. The van der Waals surface area contributed by atoms with Crippen molar-refractivity contribution in [3.8, 4) is 0 Å². The largest absolute Gasteiger partial charge is 0.443 e. The van der Waals surface area contributed by atoms with Crippen molar-refractivity contribution in [2.45, 2.75) is 70.4 Å². The number of aromatic nitrogens is 1.